The molecule has 60 atom stereocenters. The molecule has 0 aliphatic heterocycles. The van der Waals surface area contributed by atoms with E-state index in [9.17, 15) is 0 Å². The summed E-state index contributed by atoms with van der Waals surface area (Å²) in [6.07, 6.45) is 3.75. The fraction of sp³-hybridized carbons (Fsp3) is 1.00. The molecule has 62 fully saturated rings. The van der Waals surface area contributed by atoms with Crippen molar-refractivity contribution in [3.05, 3.63) is 10.8 Å². The third kappa shape index (κ3) is 0.462. The Morgan fingerprint density at radius 2 is 0.346 bits per heavy atom. The summed E-state index contributed by atoms with van der Waals surface area (Å²) in [5, 5.41) is 0. The highest BCUT2D eigenvalue weighted by Crippen LogP contribution is 3.78. The van der Waals surface area contributed by atoms with Crippen LogP contribution >= 0.6 is 0 Å². The Kier molecular flexibility index (Phi) is 1.06. The highest BCUT2D eigenvalue weighted by atomic mass is 15.8. The molecule has 0 aromatic rings. The van der Waals surface area contributed by atoms with Gasteiger partial charge in [0.15, 0.2) is 0 Å². The molecular weight excluding hydrogens is 937 g/mol. The molecule has 60 unspecified atom stereocenters. The molecule has 0 heteroatoms. The lowest BCUT2D eigenvalue weighted by molar-refractivity contribution is -1.25. The first kappa shape index (κ1) is 24.3. The van der Waals surface area contributed by atoms with E-state index < -0.39 is 0 Å². The normalized spacial score (nSPS) is 153. The van der Waals surface area contributed by atoms with Crippen LogP contribution in [0.4, 0.5) is 0 Å². The maximum atomic E-state index is 1.87. The van der Waals surface area contributed by atoms with Gasteiger partial charge in [0, 0.05) is 0 Å². The zero-order chi connectivity index (χ0) is 41.9. The predicted molar refractivity (Wildman–Crippen MR) is 230 cm³/mol. The van der Waals surface area contributed by atoms with Crippen molar-refractivity contribution in [1.29, 1.82) is 0 Å². The largest absolute Gasteiger partial charge is 0.0458 e. The molecule has 62 saturated carbocycles. The van der Waals surface area contributed by atoms with Crippen LogP contribution in [-0.4, -0.2) is 0 Å². The van der Waals surface area contributed by atoms with Gasteiger partial charge in [0.2, 0.25) is 0 Å². The van der Waals surface area contributed by atoms with Crippen molar-refractivity contribution in [3.63, 3.8) is 0 Å². The highest BCUT2D eigenvalue weighted by molar-refractivity contribution is 6.30. The van der Waals surface area contributed by atoms with Gasteiger partial charge in [-0.2, -0.15) is 0 Å². The van der Waals surface area contributed by atoms with Crippen LogP contribution in [0.2, 0.25) is 0 Å². The summed E-state index contributed by atoms with van der Waals surface area (Å²) in [4.78, 5) is 0. The van der Waals surface area contributed by atoms with Crippen LogP contribution in [0.25, 0.3) is 0 Å². The van der Waals surface area contributed by atoms with E-state index in [0.29, 0.717) is 0 Å². The van der Waals surface area contributed by atoms with Crippen molar-refractivity contribution in [1.82, 2.24) is 0 Å². The lowest BCUT2D eigenvalue weighted by Crippen LogP contribution is -3.69. The summed E-state index contributed by atoms with van der Waals surface area (Å²) < 4.78 is 0. The minimum absolute atomic E-state index is 1.11. The quantitative estimate of drug-likeness (QED) is 0.326. The average molecular weight is 973 g/mol. The monoisotopic (exact) mass is 972 g/mol. The molecule has 348 valence electrons. The zero-order valence-electron chi connectivity index (χ0n) is 41.9. The molecule has 44 spiro atoms. The van der Waals surface area contributed by atoms with Crippen LogP contribution in [0.3, 0.4) is 0 Å². The minimum Gasteiger partial charge on any atom is -0.0458 e. The van der Waals surface area contributed by atoms with Gasteiger partial charge in [-0.3, -0.25) is 0 Å². The Morgan fingerprint density at radius 1 is 0.128 bits per heavy atom. The maximum absolute atomic E-state index is 1.87. The van der Waals surface area contributed by atoms with Gasteiger partial charge >= 0.3 is 0 Å². The lowest BCUT2D eigenvalue weighted by Gasteiger charge is -3.70. The smallest absolute Gasteiger partial charge is 0.000715 e. The van der Waals surface area contributed by atoms with E-state index in [0.717, 1.165) is 200 Å². The van der Waals surface area contributed by atoms with E-state index in [-0.39, 0.29) is 0 Å². The second-order valence-electron chi connectivity index (χ2n) is 52.5. The van der Waals surface area contributed by atoms with E-state index in [1.165, 1.54) is 227 Å². The van der Waals surface area contributed by atoms with Crippen molar-refractivity contribution in [2.75, 3.05) is 0 Å². The summed E-state index contributed by atoms with van der Waals surface area (Å²) in [6.45, 7) is 0. The Balaban J connectivity index is 0.612. The van der Waals surface area contributed by atoms with Gasteiger partial charge in [-0.1, -0.05) is 0 Å². The Bertz CT molecular complexity index is 5810. The van der Waals surface area contributed by atoms with Gasteiger partial charge < -0.3 is 0 Å². The van der Waals surface area contributed by atoms with Crippen molar-refractivity contribution in [3.8, 4) is 0 Å². The number of rotatable bonds is 0. The second kappa shape index (κ2) is 3.39. The molecule has 0 N–H and O–H groups in total. The molecule has 0 heterocycles. The molecule has 0 nitrogen and oxygen atoms in total. The maximum Gasteiger partial charge on any atom is -0.000715 e. The standard InChI is InChI=1S/C78H36/c1-3-7-4-2-6-9-11-13-15-17-19-21-23-25-27-29-32-38-34-30-33-37(38)31-28-26-24-22-20-18-16-14-12-10-8-5(1)35(3)39(7)36(4,6)41(9)43(11)45(13)47(15)49(17)51(19)53(21)55(23)57(25)59(27)61(29)66(32)64(34,38)62(30)63(33,37)65(31)60(28)58(26)56(24)54(22)52(20)50(18)48(16)46(14)44(12)42(10)40(8,35)67(39,41)69(42,43)71(44,45)73(46,47)75(48,49)77(50,51)78(52,53)76(54,55)74(56,57)72(58,59)70(60,61)68(62,65)66/h3-34H,1-2H2. The van der Waals surface area contributed by atoms with Gasteiger partial charge in [-0.05, 0) is 440 Å². The van der Waals surface area contributed by atoms with Gasteiger partial charge in [-0.15, -0.1) is 0 Å². The first-order chi connectivity index (χ1) is 38.9. The fourth-order valence-electron chi connectivity index (χ4n) is 94.6. The van der Waals surface area contributed by atoms with Gasteiger partial charge in [0.05, 0.1) is 0 Å². The molecule has 0 aromatic heterocycles. The number of hydrogen-bond donors (Lipinski definition) is 0. The Morgan fingerprint density at radius 3 is 0.679 bits per heavy atom. The molecule has 0 saturated heterocycles. The topological polar surface area (TPSA) is 0 Å². The van der Waals surface area contributed by atoms with Crippen LogP contribution in [0.5, 0.6) is 0 Å². The molecule has 62 aliphatic rings. The summed E-state index contributed by atoms with van der Waals surface area (Å²) in [5.74, 6) is 46.4. The van der Waals surface area contributed by atoms with Crippen molar-refractivity contribution in [2.24, 2.45) is 417 Å². The summed E-state index contributed by atoms with van der Waals surface area (Å²) >= 11 is 0. The predicted octanol–water partition coefficient (Wildman–Crippen LogP) is 4.88. The van der Waals surface area contributed by atoms with Crippen LogP contribution in [0, 0.1) is 428 Å². The fourth-order valence-corrected chi connectivity index (χ4v) is 94.6. The van der Waals surface area contributed by atoms with Crippen molar-refractivity contribution >= 4 is 0 Å². The highest BCUT2D eigenvalue weighted by Gasteiger charge is 3.77. The van der Waals surface area contributed by atoms with Gasteiger partial charge in [0.1, 0.15) is 0 Å². The van der Waals surface area contributed by atoms with E-state index in [1.54, 1.807) is 0 Å². The van der Waals surface area contributed by atoms with Crippen LogP contribution < -0.4 is 0 Å². The molecule has 0 bridgehead atoms. The van der Waals surface area contributed by atoms with Crippen LogP contribution in [0.1, 0.15) is 12.8 Å². The zero-order valence-corrected chi connectivity index (χ0v) is 41.9. The molecular formula is C78H36. The van der Waals surface area contributed by atoms with Gasteiger partial charge in [-0.25, -0.2) is 0 Å². The molecule has 0 amide bonds. The summed E-state index contributed by atoms with van der Waals surface area (Å²) in [6, 6.07) is 0. The summed E-state index contributed by atoms with van der Waals surface area (Å²) in [5.41, 5.74) is 50.6. The van der Waals surface area contributed by atoms with E-state index >= 15 is 0 Å². The van der Waals surface area contributed by atoms with E-state index in [4.69, 9.17) is 0 Å². The molecule has 0 radical (unpaired) electrons. The average Bonchev–Trinajstić information content (AvgIpc) is 0.856. The first-order valence-electron chi connectivity index (χ1n) is 38.9. The Hall–Kier alpha value is 0. The molecule has 62 rings (SSSR count). The van der Waals surface area contributed by atoms with Crippen molar-refractivity contribution < 1.29 is 0 Å². The van der Waals surface area contributed by atoms with E-state index in [1.807, 2.05) is 12.8 Å². The Labute approximate surface area is 437 Å². The minimum atomic E-state index is 1.11. The van der Waals surface area contributed by atoms with Crippen LogP contribution in [0.15, 0.2) is 0 Å². The lowest BCUT2D eigenvalue weighted by atomic mass is 8.32. The molecule has 0 aromatic carbocycles. The van der Waals surface area contributed by atoms with Gasteiger partial charge in [0.25, 0.3) is 0 Å². The van der Waals surface area contributed by atoms with E-state index in [2.05, 4.69) is 0 Å². The van der Waals surface area contributed by atoms with Crippen molar-refractivity contribution in [2.45, 2.75) is 12.8 Å². The third-order valence-corrected chi connectivity index (χ3v) is 72.3. The third-order valence-electron chi connectivity index (χ3n) is 72.3. The number of fused-ring (bicyclic) bond motifs is 26. The molecule has 78 heavy (non-hydrogen) atoms. The molecule has 62 aliphatic carbocycles. The first-order valence-corrected chi connectivity index (χ1v) is 38.9. The SMILES string of the molecule is C1C2C3C4CC5C6C7C8C9C%10C%11C%12C%13C%14C%15C%16C%17C%18%19C%20C%21C%22C%18%23C%18C%24C%25C%26C%27C%28C%29C%30C%31C%32C%33C%34C1C21C32C45C63C74C85C96C%107C%118C%129C%13%10C%14%11C%15%12C%16%13C%17%14C%20%19C%21%15C%22%23C%18%16C%24%17C%25%18C%26%19C%27%20C%28%21C%29%22C%30%23C%31%24C%32%25C%33%26C%341C23C%264C%255C%246C%237C%228C%219C%20%10C%19%11C%18%12C%17%13C%15%16%14. The van der Waals surface area contributed by atoms with Crippen LogP contribution in [-0.2, 0) is 0 Å². The summed E-state index contributed by atoms with van der Waals surface area (Å²) in [7, 11) is 0. The second-order valence-corrected chi connectivity index (χ2v) is 52.5. The number of hydrogen-bond acceptors (Lipinski definition) is 0.